The highest BCUT2D eigenvalue weighted by Crippen LogP contribution is 2.36. The summed E-state index contributed by atoms with van der Waals surface area (Å²) in [5, 5.41) is 17.9. The quantitative estimate of drug-likeness (QED) is 0.787. The molecular formula is C22H19N5. The number of hydrogen-bond acceptors (Lipinski definition) is 5. The van der Waals surface area contributed by atoms with Crippen LogP contribution in [0.3, 0.4) is 0 Å². The molecule has 0 saturated heterocycles. The van der Waals surface area contributed by atoms with Gasteiger partial charge in [0.1, 0.15) is 12.1 Å². The fourth-order valence-electron chi connectivity index (χ4n) is 3.89. The fourth-order valence-corrected chi connectivity index (χ4v) is 3.89. The molecule has 5 nitrogen and oxygen atoms in total. The van der Waals surface area contributed by atoms with Crippen LogP contribution in [0.4, 0.5) is 5.69 Å². The molecule has 0 radical (unpaired) electrons. The fraction of sp³-hybridized carbons (Fsp3) is 0.273. The lowest BCUT2D eigenvalue weighted by molar-refractivity contribution is 0.634. The first-order valence-electron chi connectivity index (χ1n) is 9.21. The summed E-state index contributed by atoms with van der Waals surface area (Å²) in [6.45, 7) is 2.38. The number of allylic oxidation sites excluding steroid dienone is 2. The van der Waals surface area contributed by atoms with Crippen LogP contribution in [0.1, 0.15) is 46.6 Å². The van der Waals surface area contributed by atoms with E-state index in [0.717, 1.165) is 12.8 Å². The lowest BCUT2D eigenvalue weighted by atomic mass is 9.90. The molecule has 0 saturated carbocycles. The van der Waals surface area contributed by atoms with Crippen molar-refractivity contribution in [3.8, 4) is 12.1 Å². The SMILES string of the molecule is N#Cc1ncc(/C=C/C=C/c2cc3c4c(c2)CCCN4CCC3)nc1C#N. The molecular weight excluding hydrogens is 334 g/mol. The van der Waals surface area contributed by atoms with Crippen LogP contribution in [0.25, 0.3) is 12.2 Å². The van der Waals surface area contributed by atoms with Gasteiger partial charge in [-0.1, -0.05) is 18.2 Å². The Balaban J connectivity index is 1.53. The van der Waals surface area contributed by atoms with E-state index < -0.39 is 0 Å². The van der Waals surface area contributed by atoms with Gasteiger partial charge in [-0.3, -0.25) is 0 Å². The second kappa shape index (κ2) is 7.43. The molecule has 1 aromatic carbocycles. The summed E-state index contributed by atoms with van der Waals surface area (Å²) in [6, 6.07) is 8.37. The molecule has 0 atom stereocenters. The molecule has 0 spiro atoms. The van der Waals surface area contributed by atoms with Crippen molar-refractivity contribution in [1.82, 2.24) is 9.97 Å². The monoisotopic (exact) mass is 353 g/mol. The number of nitriles is 2. The van der Waals surface area contributed by atoms with Crippen molar-refractivity contribution in [1.29, 1.82) is 10.5 Å². The lowest BCUT2D eigenvalue weighted by Crippen LogP contribution is -2.34. The number of nitrogens with zero attached hydrogens (tertiary/aromatic N) is 5. The first-order chi connectivity index (χ1) is 13.3. The number of benzene rings is 1. The molecule has 2 aromatic rings. The number of aromatic nitrogens is 2. The van der Waals surface area contributed by atoms with E-state index >= 15 is 0 Å². The van der Waals surface area contributed by atoms with Crippen LogP contribution in [-0.2, 0) is 12.8 Å². The molecule has 5 heteroatoms. The van der Waals surface area contributed by atoms with E-state index in [1.165, 1.54) is 54.5 Å². The Morgan fingerprint density at radius 3 is 2.26 bits per heavy atom. The third-order valence-electron chi connectivity index (χ3n) is 5.02. The largest absolute Gasteiger partial charge is 0.371 e. The molecule has 1 aromatic heterocycles. The third kappa shape index (κ3) is 3.45. The Labute approximate surface area is 158 Å². The summed E-state index contributed by atoms with van der Waals surface area (Å²) in [5.41, 5.74) is 6.32. The van der Waals surface area contributed by atoms with Crippen LogP contribution >= 0.6 is 0 Å². The van der Waals surface area contributed by atoms with E-state index in [0.29, 0.717) is 5.69 Å². The van der Waals surface area contributed by atoms with Gasteiger partial charge in [0.25, 0.3) is 0 Å². The maximum atomic E-state index is 9.02. The lowest BCUT2D eigenvalue weighted by Gasteiger charge is -2.37. The highest BCUT2D eigenvalue weighted by atomic mass is 15.1. The van der Waals surface area contributed by atoms with Gasteiger partial charge in [-0.2, -0.15) is 10.5 Å². The number of aryl methyl sites for hydroxylation is 2. The van der Waals surface area contributed by atoms with Crippen LogP contribution in [-0.4, -0.2) is 23.1 Å². The van der Waals surface area contributed by atoms with E-state index in [2.05, 4.69) is 33.1 Å². The average Bonchev–Trinajstić information content (AvgIpc) is 2.71. The molecule has 0 fully saturated rings. The van der Waals surface area contributed by atoms with E-state index in [-0.39, 0.29) is 11.4 Å². The van der Waals surface area contributed by atoms with Gasteiger partial charge >= 0.3 is 0 Å². The van der Waals surface area contributed by atoms with Crippen LogP contribution in [0.15, 0.2) is 30.5 Å². The molecule has 0 N–H and O–H groups in total. The molecule has 132 valence electrons. The first-order valence-corrected chi connectivity index (χ1v) is 9.21. The molecule has 27 heavy (non-hydrogen) atoms. The summed E-state index contributed by atoms with van der Waals surface area (Å²) >= 11 is 0. The highest BCUT2D eigenvalue weighted by molar-refractivity contribution is 5.68. The van der Waals surface area contributed by atoms with Crippen LogP contribution in [0.2, 0.25) is 0 Å². The maximum absolute atomic E-state index is 9.02. The maximum Gasteiger partial charge on any atom is 0.177 e. The minimum absolute atomic E-state index is 0.0574. The number of rotatable bonds is 3. The summed E-state index contributed by atoms with van der Waals surface area (Å²) in [6.07, 6.45) is 14.0. The normalized spacial score (nSPS) is 15.6. The molecule has 4 rings (SSSR count). The predicted molar refractivity (Wildman–Crippen MR) is 105 cm³/mol. The van der Waals surface area contributed by atoms with Crippen molar-refractivity contribution in [2.24, 2.45) is 0 Å². The Morgan fingerprint density at radius 1 is 0.926 bits per heavy atom. The van der Waals surface area contributed by atoms with Crippen molar-refractivity contribution in [2.75, 3.05) is 18.0 Å². The minimum Gasteiger partial charge on any atom is -0.371 e. The van der Waals surface area contributed by atoms with Gasteiger partial charge < -0.3 is 4.90 Å². The smallest absolute Gasteiger partial charge is 0.177 e. The average molecular weight is 353 g/mol. The highest BCUT2D eigenvalue weighted by Gasteiger charge is 2.23. The molecule has 0 bridgehead atoms. The zero-order valence-corrected chi connectivity index (χ0v) is 15.0. The minimum atomic E-state index is 0.0574. The third-order valence-corrected chi connectivity index (χ3v) is 5.02. The van der Waals surface area contributed by atoms with Crippen molar-refractivity contribution < 1.29 is 0 Å². The van der Waals surface area contributed by atoms with Crippen molar-refractivity contribution >= 4 is 17.8 Å². The van der Waals surface area contributed by atoms with Gasteiger partial charge in [0.2, 0.25) is 0 Å². The van der Waals surface area contributed by atoms with Crippen molar-refractivity contribution in [3.05, 3.63) is 64.3 Å². The van der Waals surface area contributed by atoms with Crippen LogP contribution in [0, 0.1) is 22.7 Å². The standard InChI is InChI=1S/C22H19N5/c23-13-20-21(14-24)26-19(15-25-20)8-2-1-5-16-11-17-6-3-9-27-10-4-7-18(12-16)22(17)27/h1-2,5,8,11-12,15H,3-4,6-7,9-10H2/b5-1+,8-2+. The molecule has 0 amide bonds. The Kier molecular flexibility index (Phi) is 4.68. The number of hydrogen-bond donors (Lipinski definition) is 0. The van der Waals surface area contributed by atoms with E-state index in [1.54, 1.807) is 6.08 Å². The second-order valence-electron chi connectivity index (χ2n) is 6.82. The van der Waals surface area contributed by atoms with Gasteiger partial charge in [-0.15, -0.1) is 0 Å². The van der Waals surface area contributed by atoms with Crippen LogP contribution < -0.4 is 4.90 Å². The van der Waals surface area contributed by atoms with Gasteiger partial charge in [0.05, 0.1) is 11.9 Å². The molecule has 3 heterocycles. The van der Waals surface area contributed by atoms with E-state index in [9.17, 15) is 0 Å². The van der Waals surface area contributed by atoms with Crippen LogP contribution in [0.5, 0.6) is 0 Å². The summed E-state index contributed by atoms with van der Waals surface area (Å²) < 4.78 is 0. The Bertz CT molecular complexity index is 989. The molecule has 2 aliphatic heterocycles. The number of anilines is 1. The van der Waals surface area contributed by atoms with Gasteiger partial charge in [-0.25, -0.2) is 9.97 Å². The van der Waals surface area contributed by atoms with Gasteiger partial charge in [0, 0.05) is 18.8 Å². The van der Waals surface area contributed by atoms with Crippen molar-refractivity contribution in [3.63, 3.8) is 0 Å². The van der Waals surface area contributed by atoms with E-state index in [1.807, 2.05) is 24.3 Å². The summed E-state index contributed by atoms with van der Waals surface area (Å²) in [4.78, 5) is 10.6. The van der Waals surface area contributed by atoms with Gasteiger partial charge in [-0.05, 0) is 60.6 Å². The predicted octanol–water partition coefficient (Wildman–Crippen LogP) is 3.65. The van der Waals surface area contributed by atoms with E-state index in [4.69, 9.17) is 10.5 Å². The Morgan fingerprint density at radius 2 is 1.59 bits per heavy atom. The molecule has 2 aliphatic rings. The van der Waals surface area contributed by atoms with Gasteiger partial charge in [0.15, 0.2) is 11.4 Å². The molecule has 0 unspecified atom stereocenters. The summed E-state index contributed by atoms with van der Waals surface area (Å²) in [5.74, 6) is 0. The second-order valence-corrected chi connectivity index (χ2v) is 6.82. The first kappa shape index (κ1) is 17.0. The molecule has 0 aliphatic carbocycles. The van der Waals surface area contributed by atoms with Crippen molar-refractivity contribution in [2.45, 2.75) is 25.7 Å². The summed E-state index contributed by atoms with van der Waals surface area (Å²) in [7, 11) is 0. The Hall–Kier alpha value is -3.44. The topological polar surface area (TPSA) is 76.6 Å². The zero-order chi connectivity index (χ0) is 18.6. The zero-order valence-electron chi connectivity index (χ0n) is 15.0.